The van der Waals surface area contributed by atoms with Crippen LogP contribution < -0.4 is 5.32 Å². The fourth-order valence-corrected chi connectivity index (χ4v) is 3.79. The minimum absolute atomic E-state index is 0.0475. The second kappa shape index (κ2) is 6.38. The fraction of sp³-hybridized carbons (Fsp3) is 0.562. The molecular formula is C16H24N2O3S. The molecule has 0 radical (unpaired) electrons. The van der Waals surface area contributed by atoms with Gasteiger partial charge in [-0.15, -0.1) is 0 Å². The SMILES string of the molecule is CC(C)S(=O)(=O)c1ccc(C(=O)N2C[C@H](C)N[C@@H](C)C2)cc1. The summed E-state index contributed by atoms with van der Waals surface area (Å²) in [5.41, 5.74) is 0.531. The summed E-state index contributed by atoms with van der Waals surface area (Å²) in [6.07, 6.45) is 0. The third-order valence-corrected chi connectivity index (χ3v) is 6.07. The Balaban J connectivity index is 2.18. The van der Waals surface area contributed by atoms with Crippen LogP contribution in [-0.2, 0) is 9.84 Å². The molecule has 0 aromatic heterocycles. The molecule has 5 nitrogen and oxygen atoms in total. The van der Waals surface area contributed by atoms with E-state index >= 15 is 0 Å². The van der Waals surface area contributed by atoms with Crippen molar-refractivity contribution in [2.24, 2.45) is 0 Å². The first-order valence-electron chi connectivity index (χ1n) is 7.61. The lowest BCUT2D eigenvalue weighted by molar-refractivity contribution is 0.0673. The average Bonchev–Trinajstić information content (AvgIpc) is 2.45. The van der Waals surface area contributed by atoms with Crippen LogP contribution in [0, 0.1) is 0 Å². The Morgan fingerprint density at radius 2 is 1.64 bits per heavy atom. The highest BCUT2D eigenvalue weighted by molar-refractivity contribution is 7.92. The molecule has 0 aliphatic carbocycles. The molecule has 2 rings (SSSR count). The molecule has 1 aliphatic heterocycles. The Hall–Kier alpha value is -1.40. The lowest BCUT2D eigenvalue weighted by Crippen LogP contribution is -2.55. The third kappa shape index (κ3) is 3.50. The van der Waals surface area contributed by atoms with E-state index in [2.05, 4.69) is 5.32 Å². The third-order valence-electron chi connectivity index (χ3n) is 3.90. The van der Waals surface area contributed by atoms with Gasteiger partial charge in [-0.2, -0.15) is 0 Å². The van der Waals surface area contributed by atoms with Crippen LogP contribution >= 0.6 is 0 Å². The monoisotopic (exact) mass is 324 g/mol. The predicted molar refractivity (Wildman–Crippen MR) is 86.7 cm³/mol. The Morgan fingerprint density at radius 3 is 2.09 bits per heavy atom. The van der Waals surface area contributed by atoms with Gasteiger partial charge in [0, 0.05) is 30.7 Å². The lowest BCUT2D eigenvalue weighted by Gasteiger charge is -2.36. The summed E-state index contributed by atoms with van der Waals surface area (Å²) in [4.78, 5) is 14.6. The molecule has 1 aromatic carbocycles. The highest BCUT2D eigenvalue weighted by atomic mass is 32.2. The number of hydrogen-bond acceptors (Lipinski definition) is 4. The van der Waals surface area contributed by atoms with Crippen LogP contribution in [0.4, 0.5) is 0 Å². The zero-order chi connectivity index (χ0) is 16.5. The molecule has 1 amide bonds. The molecule has 2 atom stereocenters. The molecule has 22 heavy (non-hydrogen) atoms. The number of benzene rings is 1. The van der Waals surface area contributed by atoms with Gasteiger partial charge < -0.3 is 10.2 Å². The quantitative estimate of drug-likeness (QED) is 0.919. The summed E-state index contributed by atoms with van der Waals surface area (Å²) in [6, 6.07) is 6.78. The van der Waals surface area contributed by atoms with Crippen molar-refractivity contribution in [3.63, 3.8) is 0 Å². The minimum atomic E-state index is -3.30. The fourth-order valence-electron chi connectivity index (χ4n) is 2.73. The van der Waals surface area contributed by atoms with Gasteiger partial charge in [0.05, 0.1) is 10.1 Å². The average molecular weight is 324 g/mol. The summed E-state index contributed by atoms with van der Waals surface area (Å²) in [7, 11) is -3.30. The van der Waals surface area contributed by atoms with Crippen LogP contribution in [0.2, 0.25) is 0 Å². The summed E-state index contributed by atoms with van der Waals surface area (Å²) in [5.74, 6) is -0.0475. The maximum atomic E-state index is 12.5. The van der Waals surface area contributed by atoms with Gasteiger partial charge >= 0.3 is 0 Å². The second-order valence-corrected chi connectivity index (χ2v) is 8.80. The molecule has 0 spiro atoms. The molecule has 122 valence electrons. The maximum absolute atomic E-state index is 12.5. The molecule has 0 unspecified atom stereocenters. The molecule has 1 aliphatic rings. The topological polar surface area (TPSA) is 66.5 Å². The predicted octanol–water partition coefficient (Wildman–Crippen LogP) is 1.69. The standard InChI is InChI=1S/C16H24N2O3S/c1-11(2)22(20,21)15-7-5-14(6-8-15)16(19)18-9-12(3)17-13(4)10-18/h5-8,11-13,17H,9-10H2,1-4H3/t12-,13-/m0/s1. The molecule has 1 aromatic rings. The number of hydrogen-bond donors (Lipinski definition) is 1. The van der Waals surface area contributed by atoms with Crippen LogP contribution in [0.25, 0.3) is 0 Å². The van der Waals surface area contributed by atoms with Gasteiger partial charge in [0.15, 0.2) is 9.84 Å². The van der Waals surface area contributed by atoms with Crippen LogP contribution in [-0.4, -0.2) is 49.6 Å². The largest absolute Gasteiger partial charge is 0.336 e. The van der Waals surface area contributed by atoms with E-state index in [0.717, 1.165) is 0 Å². The van der Waals surface area contributed by atoms with Crippen molar-refractivity contribution in [2.45, 2.75) is 49.9 Å². The van der Waals surface area contributed by atoms with Crippen molar-refractivity contribution in [1.82, 2.24) is 10.2 Å². The van der Waals surface area contributed by atoms with E-state index in [4.69, 9.17) is 0 Å². The van der Waals surface area contributed by atoms with E-state index in [-0.39, 0.29) is 22.9 Å². The molecule has 1 N–H and O–H groups in total. The van der Waals surface area contributed by atoms with Crippen LogP contribution in [0.1, 0.15) is 38.1 Å². The molecule has 1 heterocycles. The Bertz CT molecular complexity index is 628. The molecule has 1 saturated heterocycles. The number of rotatable bonds is 3. The Labute approximate surface area is 132 Å². The van der Waals surface area contributed by atoms with Gasteiger partial charge in [0.1, 0.15) is 0 Å². The Kier molecular flexibility index (Phi) is 4.92. The summed E-state index contributed by atoms with van der Waals surface area (Å²) in [5, 5.41) is 2.92. The number of amides is 1. The highest BCUT2D eigenvalue weighted by Crippen LogP contribution is 2.18. The number of sulfone groups is 1. The van der Waals surface area contributed by atoms with Gasteiger partial charge in [-0.1, -0.05) is 0 Å². The Morgan fingerprint density at radius 1 is 1.14 bits per heavy atom. The highest BCUT2D eigenvalue weighted by Gasteiger charge is 2.26. The van der Waals surface area contributed by atoms with Crippen LogP contribution in [0.15, 0.2) is 29.2 Å². The normalized spacial score (nSPS) is 22.9. The van der Waals surface area contributed by atoms with Crippen molar-refractivity contribution in [3.05, 3.63) is 29.8 Å². The number of nitrogens with one attached hydrogen (secondary N) is 1. The van der Waals surface area contributed by atoms with E-state index in [0.29, 0.717) is 18.7 Å². The van der Waals surface area contributed by atoms with E-state index in [9.17, 15) is 13.2 Å². The van der Waals surface area contributed by atoms with E-state index in [1.807, 2.05) is 18.7 Å². The van der Waals surface area contributed by atoms with Gasteiger partial charge in [-0.25, -0.2) is 8.42 Å². The number of carbonyl (C=O) groups is 1. The molecule has 0 bridgehead atoms. The number of carbonyl (C=O) groups excluding carboxylic acids is 1. The van der Waals surface area contributed by atoms with Crippen molar-refractivity contribution >= 4 is 15.7 Å². The molecule has 1 fully saturated rings. The van der Waals surface area contributed by atoms with E-state index < -0.39 is 15.1 Å². The summed E-state index contributed by atoms with van der Waals surface area (Å²) >= 11 is 0. The molecular weight excluding hydrogens is 300 g/mol. The zero-order valence-corrected chi connectivity index (χ0v) is 14.4. The van der Waals surface area contributed by atoms with E-state index in [1.165, 1.54) is 12.1 Å². The molecule has 6 heteroatoms. The van der Waals surface area contributed by atoms with Crippen LogP contribution in [0.5, 0.6) is 0 Å². The molecule has 0 saturated carbocycles. The first-order valence-corrected chi connectivity index (χ1v) is 9.15. The van der Waals surface area contributed by atoms with Crippen molar-refractivity contribution < 1.29 is 13.2 Å². The first-order chi connectivity index (χ1) is 10.2. The van der Waals surface area contributed by atoms with Crippen molar-refractivity contribution in [1.29, 1.82) is 0 Å². The van der Waals surface area contributed by atoms with Crippen molar-refractivity contribution in [3.8, 4) is 0 Å². The van der Waals surface area contributed by atoms with Gasteiger partial charge in [0.25, 0.3) is 5.91 Å². The van der Waals surface area contributed by atoms with Crippen molar-refractivity contribution in [2.75, 3.05) is 13.1 Å². The van der Waals surface area contributed by atoms with E-state index in [1.54, 1.807) is 26.0 Å². The van der Waals surface area contributed by atoms with Gasteiger partial charge in [-0.3, -0.25) is 4.79 Å². The summed E-state index contributed by atoms with van der Waals surface area (Å²) < 4.78 is 24.2. The van der Waals surface area contributed by atoms with Crippen LogP contribution in [0.3, 0.4) is 0 Å². The van der Waals surface area contributed by atoms with Gasteiger partial charge in [0.2, 0.25) is 0 Å². The second-order valence-electron chi connectivity index (χ2n) is 6.30. The zero-order valence-electron chi connectivity index (χ0n) is 13.5. The smallest absolute Gasteiger partial charge is 0.253 e. The minimum Gasteiger partial charge on any atom is -0.336 e. The first kappa shape index (κ1) is 17.0. The van der Waals surface area contributed by atoms with Gasteiger partial charge in [-0.05, 0) is 52.0 Å². The number of piperazine rings is 1. The lowest BCUT2D eigenvalue weighted by atomic mass is 10.1. The maximum Gasteiger partial charge on any atom is 0.253 e. The summed E-state index contributed by atoms with van der Waals surface area (Å²) in [6.45, 7) is 8.72. The number of nitrogens with zero attached hydrogens (tertiary/aromatic N) is 1.